The van der Waals surface area contributed by atoms with Gasteiger partial charge in [-0.15, -0.1) is 0 Å². The number of carbonyl (C=O) groups is 1. The molecular weight excluding hydrogens is 276 g/mol. The van der Waals surface area contributed by atoms with Gasteiger partial charge in [-0.05, 0) is 19.4 Å². The van der Waals surface area contributed by atoms with E-state index >= 15 is 0 Å². The van der Waals surface area contributed by atoms with Crippen molar-refractivity contribution in [1.29, 1.82) is 0 Å². The molecule has 0 aliphatic rings. The lowest BCUT2D eigenvalue weighted by molar-refractivity contribution is 0.237. The van der Waals surface area contributed by atoms with Crippen LogP contribution in [0.3, 0.4) is 0 Å². The first kappa shape index (κ1) is 14.3. The van der Waals surface area contributed by atoms with Gasteiger partial charge in [0.05, 0.1) is 11.4 Å². The third kappa shape index (κ3) is 2.45. The van der Waals surface area contributed by atoms with Crippen LogP contribution >= 0.6 is 0 Å². The monoisotopic (exact) mass is 294 g/mol. The van der Waals surface area contributed by atoms with Crippen LogP contribution in [0.2, 0.25) is 0 Å². The van der Waals surface area contributed by atoms with E-state index in [2.05, 4.69) is 17.1 Å². The van der Waals surface area contributed by atoms with E-state index in [1.54, 1.807) is 18.5 Å². The zero-order valence-corrected chi connectivity index (χ0v) is 12.7. The van der Waals surface area contributed by atoms with Crippen LogP contribution in [0, 0.1) is 6.92 Å². The van der Waals surface area contributed by atoms with E-state index in [4.69, 9.17) is 0 Å². The molecule has 2 heterocycles. The maximum absolute atomic E-state index is 12.5. The second-order valence-electron chi connectivity index (χ2n) is 5.17. The first-order valence-electron chi connectivity index (χ1n) is 7.40. The average molecular weight is 294 g/mol. The van der Waals surface area contributed by atoms with Gasteiger partial charge in [0.2, 0.25) is 0 Å². The summed E-state index contributed by atoms with van der Waals surface area (Å²) in [6.07, 6.45) is 5.11. The fourth-order valence-corrected chi connectivity index (χ4v) is 2.58. The average Bonchev–Trinajstić information content (AvgIpc) is 3.18. The van der Waals surface area contributed by atoms with E-state index < -0.39 is 0 Å². The molecule has 0 fully saturated rings. The van der Waals surface area contributed by atoms with E-state index in [1.807, 2.05) is 37.3 Å². The number of rotatable bonds is 3. The van der Waals surface area contributed by atoms with Gasteiger partial charge < -0.3 is 0 Å². The Morgan fingerprint density at radius 1 is 1.18 bits per heavy atom. The summed E-state index contributed by atoms with van der Waals surface area (Å²) in [6.45, 7) is 4.06. The van der Waals surface area contributed by atoms with Crippen molar-refractivity contribution in [2.45, 2.75) is 26.7 Å². The molecule has 0 radical (unpaired) electrons. The van der Waals surface area contributed by atoms with Crippen molar-refractivity contribution in [3.8, 4) is 11.3 Å². The van der Waals surface area contributed by atoms with Crippen LogP contribution in [0.1, 0.15) is 24.6 Å². The molecule has 0 atom stereocenters. The number of nitrogens with zero attached hydrogens (tertiary/aromatic N) is 4. The van der Waals surface area contributed by atoms with E-state index in [9.17, 15) is 4.79 Å². The molecule has 2 aromatic heterocycles. The maximum atomic E-state index is 12.5. The van der Waals surface area contributed by atoms with Crippen molar-refractivity contribution in [3.63, 3.8) is 0 Å². The van der Waals surface area contributed by atoms with Gasteiger partial charge in [0.1, 0.15) is 0 Å². The van der Waals surface area contributed by atoms with Crippen LogP contribution in [-0.2, 0) is 6.42 Å². The van der Waals surface area contributed by atoms with Crippen molar-refractivity contribution in [3.05, 3.63) is 60.0 Å². The number of hydrogen-bond donors (Lipinski definition) is 0. The standard InChI is InChI=1S/C17H18N4O/c1-3-8-15-13(2)21(17(22)20-12-7-11-18-20)19-16(15)14-9-5-4-6-10-14/h4-7,9-12H,3,8H2,1-2H3. The van der Waals surface area contributed by atoms with Crippen molar-refractivity contribution in [2.75, 3.05) is 0 Å². The number of hydrogen-bond acceptors (Lipinski definition) is 3. The molecule has 3 rings (SSSR count). The molecule has 0 amide bonds. The second-order valence-corrected chi connectivity index (χ2v) is 5.17. The minimum atomic E-state index is -0.262. The van der Waals surface area contributed by atoms with Gasteiger partial charge in [-0.25, -0.2) is 4.79 Å². The van der Waals surface area contributed by atoms with Gasteiger partial charge in [-0.2, -0.15) is 19.6 Å². The quantitative estimate of drug-likeness (QED) is 0.742. The molecule has 0 N–H and O–H groups in total. The summed E-state index contributed by atoms with van der Waals surface area (Å²) in [5.41, 5.74) is 3.90. The number of aromatic nitrogens is 4. The van der Waals surface area contributed by atoms with Crippen molar-refractivity contribution >= 4 is 6.03 Å². The highest BCUT2D eigenvalue weighted by molar-refractivity contribution is 5.80. The van der Waals surface area contributed by atoms with Gasteiger partial charge >= 0.3 is 6.03 Å². The number of benzene rings is 1. The maximum Gasteiger partial charge on any atom is 0.369 e. The first-order valence-corrected chi connectivity index (χ1v) is 7.40. The molecular formula is C17H18N4O. The minimum Gasteiger partial charge on any atom is -0.244 e. The second kappa shape index (κ2) is 5.97. The summed E-state index contributed by atoms with van der Waals surface area (Å²) in [7, 11) is 0. The lowest BCUT2D eigenvalue weighted by atomic mass is 10.0. The van der Waals surface area contributed by atoms with E-state index in [0.29, 0.717) is 0 Å². The molecule has 0 aliphatic heterocycles. The fraction of sp³-hybridized carbons (Fsp3) is 0.235. The molecule has 5 heteroatoms. The molecule has 1 aromatic carbocycles. The van der Waals surface area contributed by atoms with Crippen LogP contribution in [0.4, 0.5) is 4.79 Å². The summed E-state index contributed by atoms with van der Waals surface area (Å²) in [6, 6.07) is 11.4. The Hall–Kier alpha value is -2.69. The Morgan fingerprint density at radius 3 is 2.59 bits per heavy atom. The van der Waals surface area contributed by atoms with E-state index in [0.717, 1.165) is 35.4 Å². The molecule has 0 aliphatic carbocycles. The molecule has 0 unspecified atom stereocenters. The predicted molar refractivity (Wildman–Crippen MR) is 84.8 cm³/mol. The molecule has 0 spiro atoms. The normalized spacial score (nSPS) is 10.8. The minimum absolute atomic E-state index is 0.262. The third-order valence-corrected chi connectivity index (χ3v) is 3.67. The highest BCUT2D eigenvalue weighted by Gasteiger charge is 2.20. The van der Waals surface area contributed by atoms with Crippen molar-refractivity contribution in [2.24, 2.45) is 0 Å². The van der Waals surface area contributed by atoms with Crippen LogP contribution in [0.15, 0.2) is 48.8 Å². The Kier molecular flexibility index (Phi) is 3.87. The van der Waals surface area contributed by atoms with Crippen LogP contribution < -0.4 is 0 Å². The van der Waals surface area contributed by atoms with Crippen LogP contribution in [-0.4, -0.2) is 25.6 Å². The molecule has 22 heavy (non-hydrogen) atoms. The smallest absolute Gasteiger partial charge is 0.244 e. The summed E-state index contributed by atoms with van der Waals surface area (Å²) in [5.74, 6) is 0. The molecule has 112 valence electrons. The Morgan fingerprint density at radius 2 is 1.95 bits per heavy atom. The van der Waals surface area contributed by atoms with Crippen LogP contribution in [0.25, 0.3) is 11.3 Å². The third-order valence-electron chi connectivity index (χ3n) is 3.67. The SMILES string of the molecule is CCCc1c(-c2ccccc2)nn(C(=O)n2cccn2)c1C. The van der Waals surface area contributed by atoms with Gasteiger partial charge in [-0.3, -0.25) is 0 Å². The summed E-state index contributed by atoms with van der Waals surface area (Å²) in [5, 5.41) is 8.56. The van der Waals surface area contributed by atoms with Gasteiger partial charge in [0, 0.05) is 23.5 Å². The zero-order chi connectivity index (χ0) is 15.5. The highest BCUT2D eigenvalue weighted by Crippen LogP contribution is 2.26. The first-order chi connectivity index (χ1) is 10.7. The predicted octanol–water partition coefficient (Wildman–Crippen LogP) is 3.52. The highest BCUT2D eigenvalue weighted by atomic mass is 16.2. The van der Waals surface area contributed by atoms with Crippen molar-refractivity contribution in [1.82, 2.24) is 19.6 Å². The Balaban J connectivity index is 2.11. The summed E-state index contributed by atoms with van der Waals surface area (Å²) < 4.78 is 2.74. The van der Waals surface area contributed by atoms with E-state index in [-0.39, 0.29) is 6.03 Å². The Bertz CT molecular complexity index is 773. The molecule has 0 saturated carbocycles. The number of carbonyl (C=O) groups excluding carboxylic acids is 1. The fourth-order valence-electron chi connectivity index (χ4n) is 2.58. The van der Waals surface area contributed by atoms with Crippen molar-refractivity contribution < 1.29 is 4.79 Å². The lowest BCUT2D eigenvalue weighted by Crippen LogP contribution is -2.22. The lowest BCUT2D eigenvalue weighted by Gasteiger charge is -2.03. The summed E-state index contributed by atoms with van der Waals surface area (Å²) in [4.78, 5) is 12.5. The topological polar surface area (TPSA) is 52.7 Å². The Labute approximate surface area is 129 Å². The van der Waals surface area contributed by atoms with Gasteiger partial charge in [-0.1, -0.05) is 43.7 Å². The van der Waals surface area contributed by atoms with E-state index in [1.165, 1.54) is 9.36 Å². The molecule has 0 bridgehead atoms. The van der Waals surface area contributed by atoms with Crippen LogP contribution in [0.5, 0.6) is 0 Å². The van der Waals surface area contributed by atoms with Gasteiger partial charge in [0.15, 0.2) is 0 Å². The van der Waals surface area contributed by atoms with Gasteiger partial charge in [0.25, 0.3) is 0 Å². The zero-order valence-electron chi connectivity index (χ0n) is 12.7. The molecule has 3 aromatic rings. The molecule has 0 saturated heterocycles. The summed E-state index contributed by atoms with van der Waals surface area (Å²) >= 11 is 0. The largest absolute Gasteiger partial charge is 0.369 e. The molecule has 5 nitrogen and oxygen atoms in total.